The van der Waals surface area contributed by atoms with Crippen LogP contribution in [0.5, 0.6) is 11.5 Å². The molecule has 2 aromatic carbocycles. The highest BCUT2D eigenvalue weighted by molar-refractivity contribution is 7.99. The minimum absolute atomic E-state index is 0.124. The first-order chi connectivity index (χ1) is 14.7. The monoisotopic (exact) mass is 425 g/mol. The van der Waals surface area contributed by atoms with Crippen molar-refractivity contribution in [3.63, 3.8) is 0 Å². The third kappa shape index (κ3) is 5.54. The molecule has 1 aromatic heterocycles. The van der Waals surface area contributed by atoms with Gasteiger partial charge in [0.25, 0.3) is 0 Å². The van der Waals surface area contributed by atoms with E-state index < -0.39 is 0 Å². The number of thioether (sulfide) groups is 1. The van der Waals surface area contributed by atoms with Gasteiger partial charge in [0.15, 0.2) is 11.5 Å². The maximum atomic E-state index is 12.1. The van der Waals surface area contributed by atoms with Crippen molar-refractivity contribution in [3.8, 4) is 11.5 Å². The van der Waals surface area contributed by atoms with E-state index in [1.807, 2.05) is 18.2 Å². The minimum Gasteiger partial charge on any atom is -0.486 e. The molecule has 0 fully saturated rings. The Morgan fingerprint density at radius 1 is 1.07 bits per heavy atom. The van der Waals surface area contributed by atoms with Gasteiger partial charge in [-0.15, -0.1) is 16.9 Å². The molecule has 0 spiro atoms. The Bertz CT molecular complexity index is 1000. The van der Waals surface area contributed by atoms with Crippen molar-refractivity contribution in [1.82, 2.24) is 10.2 Å². The molecule has 1 aliphatic rings. The van der Waals surface area contributed by atoms with Crippen molar-refractivity contribution in [2.75, 3.05) is 24.3 Å². The molecule has 1 amide bonds. The summed E-state index contributed by atoms with van der Waals surface area (Å²) in [5, 5.41) is 10.6. The molecule has 8 heteroatoms. The largest absolute Gasteiger partial charge is 0.486 e. The number of benzene rings is 2. The summed E-state index contributed by atoms with van der Waals surface area (Å²) in [5.41, 5.74) is 2.21. The van der Waals surface area contributed by atoms with Gasteiger partial charge in [0.1, 0.15) is 13.2 Å². The first-order valence-electron chi connectivity index (χ1n) is 9.86. The first kappa shape index (κ1) is 20.3. The third-order valence-electron chi connectivity index (χ3n) is 4.51. The number of anilines is 1. The van der Waals surface area contributed by atoms with Gasteiger partial charge in [-0.1, -0.05) is 28.9 Å². The molecule has 3 aromatic rings. The Hall–Kier alpha value is -3.00. The summed E-state index contributed by atoms with van der Waals surface area (Å²) in [7, 11) is 0. The molecule has 30 heavy (non-hydrogen) atoms. The van der Waals surface area contributed by atoms with E-state index in [0.717, 1.165) is 29.2 Å². The Balaban J connectivity index is 1.22. The van der Waals surface area contributed by atoms with Crippen molar-refractivity contribution in [1.29, 1.82) is 0 Å². The quantitative estimate of drug-likeness (QED) is 0.426. The average Bonchev–Trinajstić information content (AvgIpc) is 3.19. The van der Waals surface area contributed by atoms with Crippen LogP contribution >= 0.6 is 11.8 Å². The van der Waals surface area contributed by atoms with E-state index in [0.29, 0.717) is 31.9 Å². The normalized spacial score (nSPS) is 12.6. The second-order valence-corrected chi connectivity index (χ2v) is 8.14. The number of carbonyl (C=O) groups excluding carboxylic acids is 1. The van der Waals surface area contributed by atoms with Crippen LogP contribution in [0.4, 0.5) is 6.01 Å². The first-order valence-corrected chi connectivity index (χ1v) is 10.8. The van der Waals surface area contributed by atoms with Crippen molar-refractivity contribution < 1.29 is 18.7 Å². The average molecular weight is 426 g/mol. The highest BCUT2D eigenvalue weighted by Crippen LogP contribution is 2.31. The van der Waals surface area contributed by atoms with Crippen LogP contribution in [0.15, 0.2) is 51.8 Å². The van der Waals surface area contributed by atoms with Crippen LogP contribution in [0.25, 0.3) is 0 Å². The number of amides is 1. The molecule has 4 rings (SSSR count). The molecule has 7 nitrogen and oxygen atoms in total. The fourth-order valence-corrected chi connectivity index (χ4v) is 3.84. The summed E-state index contributed by atoms with van der Waals surface area (Å²) in [6.45, 7) is 3.17. The zero-order valence-electron chi connectivity index (χ0n) is 16.7. The highest BCUT2D eigenvalue weighted by atomic mass is 32.2. The number of aryl methyl sites for hydroxylation is 1. The van der Waals surface area contributed by atoms with E-state index in [1.165, 1.54) is 10.5 Å². The standard InChI is InChI=1S/C22H23N3O4S/c1-15-4-7-17(8-5-15)30-12-2-3-20(26)23-22-25-24-21(29-22)14-16-6-9-18-19(13-16)28-11-10-27-18/h4-9,13H,2-3,10-12,14H2,1H3,(H,23,25,26). The number of nitrogens with one attached hydrogen (secondary N) is 1. The van der Waals surface area contributed by atoms with E-state index in [2.05, 4.69) is 46.7 Å². The van der Waals surface area contributed by atoms with E-state index in [9.17, 15) is 4.79 Å². The molecule has 156 valence electrons. The SMILES string of the molecule is Cc1ccc(SCCCC(=O)Nc2nnc(Cc3ccc4c(c3)OCCO4)o2)cc1. The molecule has 0 unspecified atom stereocenters. The number of aromatic nitrogens is 2. The second kappa shape index (κ2) is 9.67. The summed E-state index contributed by atoms with van der Waals surface area (Å²) in [4.78, 5) is 13.3. The molecule has 1 N–H and O–H groups in total. The van der Waals surface area contributed by atoms with Crippen LogP contribution in [0, 0.1) is 6.92 Å². The summed E-state index contributed by atoms with van der Waals surface area (Å²) in [6, 6.07) is 14.2. The van der Waals surface area contributed by atoms with E-state index in [1.54, 1.807) is 11.8 Å². The number of rotatable bonds is 8. The molecular weight excluding hydrogens is 402 g/mol. The van der Waals surface area contributed by atoms with Gasteiger partial charge in [-0.05, 0) is 48.9 Å². The Kier molecular flexibility index (Phi) is 6.53. The number of hydrogen-bond donors (Lipinski definition) is 1. The van der Waals surface area contributed by atoms with E-state index in [4.69, 9.17) is 13.9 Å². The van der Waals surface area contributed by atoms with Gasteiger partial charge in [-0.25, -0.2) is 0 Å². The van der Waals surface area contributed by atoms with Gasteiger partial charge in [0.05, 0.1) is 6.42 Å². The molecule has 0 saturated carbocycles. The van der Waals surface area contributed by atoms with Crippen molar-refractivity contribution in [2.45, 2.75) is 31.1 Å². The molecule has 0 radical (unpaired) electrons. The van der Waals surface area contributed by atoms with Gasteiger partial charge in [0.2, 0.25) is 11.8 Å². The van der Waals surface area contributed by atoms with Crippen LogP contribution < -0.4 is 14.8 Å². The van der Waals surface area contributed by atoms with Crippen LogP contribution in [0.3, 0.4) is 0 Å². The summed E-state index contributed by atoms with van der Waals surface area (Å²) in [6.07, 6.45) is 1.62. The summed E-state index contributed by atoms with van der Waals surface area (Å²) in [5.74, 6) is 2.63. The maximum Gasteiger partial charge on any atom is 0.322 e. The van der Waals surface area contributed by atoms with Gasteiger partial charge in [0, 0.05) is 11.3 Å². The summed E-state index contributed by atoms with van der Waals surface area (Å²) < 4.78 is 16.7. The van der Waals surface area contributed by atoms with Crippen molar-refractivity contribution >= 4 is 23.7 Å². The topological polar surface area (TPSA) is 86.5 Å². The van der Waals surface area contributed by atoms with Gasteiger partial charge >= 0.3 is 6.01 Å². The predicted molar refractivity (Wildman–Crippen MR) is 114 cm³/mol. The summed E-state index contributed by atoms with van der Waals surface area (Å²) >= 11 is 1.74. The van der Waals surface area contributed by atoms with Crippen LogP contribution in [-0.4, -0.2) is 35.1 Å². The lowest BCUT2D eigenvalue weighted by atomic mass is 10.1. The fraction of sp³-hybridized carbons (Fsp3) is 0.318. The van der Waals surface area contributed by atoms with Crippen LogP contribution in [0.2, 0.25) is 0 Å². The Labute approximate surface area is 179 Å². The Morgan fingerprint density at radius 3 is 2.70 bits per heavy atom. The van der Waals surface area contributed by atoms with Gasteiger partial charge in [-0.2, -0.15) is 0 Å². The van der Waals surface area contributed by atoms with Gasteiger partial charge in [-0.3, -0.25) is 10.1 Å². The lowest BCUT2D eigenvalue weighted by Crippen LogP contribution is -2.15. The molecule has 0 aliphatic carbocycles. The minimum atomic E-state index is -0.131. The fourth-order valence-electron chi connectivity index (χ4n) is 2.99. The zero-order chi connectivity index (χ0) is 20.8. The zero-order valence-corrected chi connectivity index (χ0v) is 17.5. The van der Waals surface area contributed by atoms with E-state index in [-0.39, 0.29) is 11.9 Å². The molecule has 0 atom stereocenters. The number of fused-ring (bicyclic) bond motifs is 1. The maximum absolute atomic E-state index is 12.1. The van der Waals surface area contributed by atoms with Crippen LogP contribution in [0.1, 0.15) is 29.9 Å². The second-order valence-electron chi connectivity index (χ2n) is 6.97. The lowest BCUT2D eigenvalue weighted by molar-refractivity contribution is -0.116. The Morgan fingerprint density at radius 2 is 1.87 bits per heavy atom. The molecule has 0 saturated heterocycles. The number of ether oxygens (including phenoxy) is 2. The number of hydrogen-bond acceptors (Lipinski definition) is 7. The smallest absolute Gasteiger partial charge is 0.322 e. The van der Waals surface area contributed by atoms with Crippen molar-refractivity contribution in [3.05, 3.63) is 59.5 Å². The molecular formula is C22H23N3O4S. The molecule has 2 heterocycles. The highest BCUT2D eigenvalue weighted by Gasteiger charge is 2.14. The van der Waals surface area contributed by atoms with Crippen LogP contribution in [-0.2, 0) is 11.2 Å². The van der Waals surface area contributed by atoms with Crippen molar-refractivity contribution in [2.24, 2.45) is 0 Å². The van der Waals surface area contributed by atoms with Gasteiger partial charge < -0.3 is 13.9 Å². The third-order valence-corrected chi connectivity index (χ3v) is 5.61. The predicted octanol–water partition coefficient (Wildman–Crippen LogP) is 4.25. The lowest BCUT2D eigenvalue weighted by Gasteiger charge is -2.18. The molecule has 1 aliphatic heterocycles. The number of nitrogens with zero attached hydrogens (tertiary/aromatic N) is 2. The molecule has 0 bridgehead atoms. The van der Waals surface area contributed by atoms with E-state index >= 15 is 0 Å². The number of carbonyl (C=O) groups is 1.